The zero-order chi connectivity index (χ0) is 8.85. The van der Waals surface area contributed by atoms with Crippen molar-refractivity contribution in [3.8, 4) is 0 Å². The topological polar surface area (TPSA) is 98.0 Å². The molecule has 0 bridgehead atoms. The summed E-state index contributed by atoms with van der Waals surface area (Å²) in [6.45, 7) is -0.462. The molecule has 0 amide bonds. The van der Waals surface area contributed by atoms with Crippen LogP contribution in [0.4, 0.5) is 0 Å². The maximum atomic E-state index is 9.98. The third-order valence-electron chi connectivity index (χ3n) is 1.17. The first-order valence-corrected chi connectivity index (χ1v) is 3.25. The van der Waals surface area contributed by atoms with Gasteiger partial charge in [0.25, 0.3) is 0 Å². The fraction of sp³-hybridized carbons (Fsp3) is 0.833. The lowest BCUT2D eigenvalue weighted by Gasteiger charge is -2.10. The predicted octanol–water partition coefficient (Wildman–Crippen LogP) is -1.43. The number of carboxylic acid groups (broad SMARTS) is 1. The molecule has 0 heterocycles. The molecule has 0 aromatic carbocycles. The molecule has 2 atom stereocenters. The van der Waals surface area contributed by atoms with Crippen LogP contribution in [0.3, 0.4) is 0 Å². The highest BCUT2D eigenvalue weighted by Gasteiger charge is 2.13. The summed E-state index contributed by atoms with van der Waals surface area (Å²) < 4.78 is 0. The molecule has 0 fully saturated rings. The third kappa shape index (κ3) is 5.78. The molecule has 2 unspecified atom stereocenters. The van der Waals surface area contributed by atoms with E-state index >= 15 is 0 Å². The van der Waals surface area contributed by atoms with Gasteiger partial charge in [-0.1, -0.05) is 0 Å². The van der Waals surface area contributed by atoms with Crippen LogP contribution < -0.4 is 0 Å². The summed E-state index contributed by atoms with van der Waals surface area (Å²) in [6, 6.07) is 0. The van der Waals surface area contributed by atoms with Crippen molar-refractivity contribution in [3.05, 3.63) is 0 Å². The van der Waals surface area contributed by atoms with Crippen LogP contribution in [0.15, 0.2) is 0 Å². The molecule has 4 N–H and O–H groups in total. The second-order valence-corrected chi connectivity index (χ2v) is 2.32. The lowest BCUT2D eigenvalue weighted by Crippen LogP contribution is -2.22. The normalized spacial score (nSPS) is 15.9. The standard InChI is InChI=1S/C6H12O5/c7-3-5(9)1-4(8)2-6(10)11/h4-5,7-9H,1-3H2,(H,10,11). The summed E-state index contributed by atoms with van der Waals surface area (Å²) in [6.07, 6.45) is -2.64. The molecule has 11 heavy (non-hydrogen) atoms. The Kier molecular flexibility index (Phi) is 4.76. The molecule has 66 valence electrons. The van der Waals surface area contributed by atoms with E-state index < -0.39 is 31.2 Å². The fourth-order valence-corrected chi connectivity index (χ4v) is 0.673. The lowest BCUT2D eigenvalue weighted by molar-refractivity contribution is -0.139. The van der Waals surface area contributed by atoms with Crippen molar-refractivity contribution in [1.82, 2.24) is 0 Å². The van der Waals surface area contributed by atoms with Gasteiger partial charge >= 0.3 is 5.97 Å². The number of carboxylic acids is 1. The van der Waals surface area contributed by atoms with E-state index in [4.69, 9.17) is 20.4 Å². The summed E-state index contributed by atoms with van der Waals surface area (Å²) in [4.78, 5) is 9.98. The van der Waals surface area contributed by atoms with Gasteiger partial charge in [-0.2, -0.15) is 0 Å². The van der Waals surface area contributed by atoms with Gasteiger partial charge in [0.05, 0.1) is 25.2 Å². The summed E-state index contributed by atoms with van der Waals surface area (Å²) in [5, 5.41) is 34.1. The van der Waals surface area contributed by atoms with Crippen molar-refractivity contribution in [2.45, 2.75) is 25.0 Å². The van der Waals surface area contributed by atoms with Crippen molar-refractivity contribution in [3.63, 3.8) is 0 Å². The first-order chi connectivity index (χ1) is 5.06. The first kappa shape index (κ1) is 10.3. The first-order valence-electron chi connectivity index (χ1n) is 3.25. The second-order valence-electron chi connectivity index (χ2n) is 2.32. The van der Waals surface area contributed by atoms with Gasteiger partial charge in [0.2, 0.25) is 0 Å². The van der Waals surface area contributed by atoms with Crippen molar-refractivity contribution >= 4 is 5.97 Å². The molecule has 0 aromatic rings. The average Bonchev–Trinajstić information content (AvgIpc) is 1.85. The quantitative estimate of drug-likeness (QED) is 0.399. The lowest BCUT2D eigenvalue weighted by atomic mass is 10.1. The van der Waals surface area contributed by atoms with Gasteiger partial charge in [-0.05, 0) is 0 Å². The van der Waals surface area contributed by atoms with Crippen molar-refractivity contribution in [2.75, 3.05) is 6.61 Å². The van der Waals surface area contributed by atoms with E-state index in [0.29, 0.717) is 0 Å². The Balaban J connectivity index is 3.51. The zero-order valence-electron chi connectivity index (χ0n) is 5.97. The van der Waals surface area contributed by atoms with Crippen LogP contribution in [0.1, 0.15) is 12.8 Å². The van der Waals surface area contributed by atoms with Gasteiger partial charge < -0.3 is 20.4 Å². The minimum absolute atomic E-state index is 0.108. The number of hydrogen-bond donors (Lipinski definition) is 4. The van der Waals surface area contributed by atoms with Crippen molar-refractivity contribution < 1.29 is 25.2 Å². The number of rotatable bonds is 5. The SMILES string of the molecule is O=C(O)CC(O)CC(O)CO. The molecule has 0 aliphatic carbocycles. The van der Waals surface area contributed by atoms with E-state index in [-0.39, 0.29) is 6.42 Å². The van der Waals surface area contributed by atoms with E-state index in [0.717, 1.165) is 0 Å². The Morgan fingerprint density at radius 3 is 2.18 bits per heavy atom. The van der Waals surface area contributed by atoms with Crippen LogP contribution in [-0.2, 0) is 4.79 Å². The number of carbonyl (C=O) groups is 1. The van der Waals surface area contributed by atoms with Crippen molar-refractivity contribution in [1.29, 1.82) is 0 Å². The number of aliphatic hydroxyl groups is 3. The van der Waals surface area contributed by atoms with Gasteiger partial charge in [0, 0.05) is 6.42 Å². The molecular weight excluding hydrogens is 152 g/mol. The minimum Gasteiger partial charge on any atom is -0.481 e. The highest BCUT2D eigenvalue weighted by Crippen LogP contribution is 2.01. The number of hydrogen-bond acceptors (Lipinski definition) is 4. The van der Waals surface area contributed by atoms with Gasteiger partial charge in [-0.25, -0.2) is 0 Å². The predicted molar refractivity (Wildman–Crippen MR) is 36.0 cm³/mol. The largest absolute Gasteiger partial charge is 0.481 e. The zero-order valence-corrected chi connectivity index (χ0v) is 5.97. The molecule has 0 aromatic heterocycles. The van der Waals surface area contributed by atoms with Gasteiger partial charge in [0.1, 0.15) is 0 Å². The summed E-state index contributed by atoms with van der Waals surface area (Å²) >= 11 is 0. The van der Waals surface area contributed by atoms with Crippen LogP contribution in [0.2, 0.25) is 0 Å². The van der Waals surface area contributed by atoms with E-state index in [2.05, 4.69) is 0 Å². The number of aliphatic carboxylic acids is 1. The van der Waals surface area contributed by atoms with Gasteiger partial charge in [-0.3, -0.25) is 4.79 Å². The summed E-state index contributed by atoms with van der Waals surface area (Å²) in [7, 11) is 0. The van der Waals surface area contributed by atoms with Crippen LogP contribution >= 0.6 is 0 Å². The monoisotopic (exact) mass is 164 g/mol. The highest BCUT2D eigenvalue weighted by molar-refractivity contribution is 5.67. The maximum Gasteiger partial charge on any atom is 0.305 e. The van der Waals surface area contributed by atoms with Crippen LogP contribution in [0.5, 0.6) is 0 Å². The number of aliphatic hydroxyl groups excluding tert-OH is 3. The molecule has 0 saturated carbocycles. The van der Waals surface area contributed by atoms with Crippen LogP contribution in [-0.4, -0.2) is 45.2 Å². The molecule has 0 spiro atoms. The van der Waals surface area contributed by atoms with E-state index in [9.17, 15) is 4.79 Å². The molecule has 0 rings (SSSR count). The Hall–Kier alpha value is -0.650. The van der Waals surface area contributed by atoms with E-state index in [1.807, 2.05) is 0 Å². The summed E-state index contributed by atoms with van der Waals surface area (Å²) in [5.41, 5.74) is 0. The molecule has 5 heteroatoms. The summed E-state index contributed by atoms with van der Waals surface area (Å²) in [5.74, 6) is -1.12. The molecular formula is C6H12O5. The Morgan fingerprint density at radius 2 is 1.82 bits per heavy atom. The fourth-order valence-electron chi connectivity index (χ4n) is 0.673. The van der Waals surface area contributed by atoms with Gasteiger partial charge in [0.15, 0.2) is 0 Å². The minimum atomic E-state index is -1.12. The van der Waals surface area contributed by atoms with E-state index in [1.165, 1.54) is 0 Å². The molecule has 0 saturated heterocycles. The maximum absolute atomic E-state index is 9.98. The molecule has 5 nitrogen and oxygen atoms in total. The van der Waals surface area contributed by atoms with Crippen molar-refractivity contribution in [2.24, 2.45) is 0 Å². The Morgan fingerprint density at radius 1 is 1.27 bits per heavy atom. The second kappa shape index (κ2) is 5.06. The molecule has 0 aliphatic rings. The Bertz CT molecular complexity index is 124. The highest BCUT2D eigenvalue weighted by atomic mass is 16.4. The average molecular weight is 164 g/mol. The molecule has 0 aliphatic heterocycles. The molecule has 0 radical (unpaired) electrons. The van der Waals surface area contributed by atoms with E-state index in [1.54, 1.807) is 0 Å². The van der Waals surface area contributed by atoms with Crippen LogP contribution in [0.25, 0.3) is 0 Å². The van der Waals surface area contributed by atoms with Crippen LogP contribution in [0, 0.1) is 0 Å². The van der Waals surface area contributed by atoms with Gasteiger partial charge in [-0.15, -0.1) is 0 Å². The Labute approximate surface area is 63.9 Å². The smallest absolute Gasteiger partial charge is 0.305 e. The third-order valence-corrected chi connectivity index (χ3v) is 1.17.